The minimum Gasteiger partial charge on any atom is -0.493 e. The summed E-state index contributed by atoms with van der Waals surface area (Å²) in [5, 5.41) is 10.2. The van der Waals surface area contributed by atoms with E-state index >= 15 is 0 Å². The second-order valence-corrected chi connectivity index (χ2v) is 5.97. The van der Waals surface area contributed by atoms with Crippen molar-refractivity contribution in [3.63, 3.8) is 0 Å². The first-order valence-corrected chi connectivity index (χ1v) is 7.89. The normalized spacial score (nSPS) is 10.6. The van der Waals surface area contributed by atoms with E-state index in [-0.39, 0.29) is 11.5 Å². The van der Waals surface area contributed by atoms with Crippen LogP contribution in [0.3, 0.4) is 0 Å². The summed E-state index contributed by atoms with van der Waals surface area (Å²) in [6.45, 7) is 0.253. The molecule has 3 aromatic rings. The SMILES string of the molecule is COc1cc2sc(C(=O)O)c(OCc3ccncc3)c2cc1OC. The van der Waals surface area contributed by atoms with Crippen LogP contribution in [0.2, 0.25) is 0 Å². The molecule has 0 amide bonds. The number of thiophene rings is 1. The van der Waals surface area contributed by atoms with Crippen LogP contribution in [-0.4, -0.2) is 30.3 Å². The standard InChI is InChI=1S/C17H15NO5S/c1-21-12-7-11-14(8-13(12)22-2)24-16(17(19)20)15(11)23-9-10-3-5-18-6-4-10/h3-8H,9H2,1-2H3,(H,19,20). The maximum absolute atomic E-state index is 11.6. The van der Waals surface area contributed by atoms with Crippen LogP contribution in [0, 0.1) is 0 Å². The van der Waals surface area contributed by atoms with Crippen LogP contribution in [0.5, 0.6) is 17.2 Å². The van der Waals surface area contributed by atoms with Gasteiger partial charge in [-0.25, -0.2) is 4.79 Å². The molecule has 0 aliphatic heterocycles. The van der Waals surface area contributed by atoms with Gasteiger partial charge in [-0.3, -0.25) is 4.98 Å². The highest BCUT2D eigenvalue weighted by atomic mass is 32.1. The molecule has 6 nitrogen and oxygen atoms in total. The van der Waals surface area contributed by atoms with E-state index in [1.807, 2.05) is 12.1 Å². The molecular formula is C17H15NO5S. The molecule has 0 spiro atoms. The van der Waals surface area contributed by atoms with Crippen LogP contribution >= 0.6 is 11.3 Å². The molecule has 0 aliphatic carbocycles. The highest BCUT2D eigenvalue weighted by Crippen LogP contribution is 2.43. The van der Waals surface area contributed by atoms with E-state index in [0.717, 1.165) is 21.6 Å². The number of fused-ring (bicyclic) bond motifs is 1. The minimum absolute atomic E-state index is 0.148. The van der Waals surface area contributed by atoms with Gasteiger partial charge in [0.05, 0.1) is 14.2 Å². The molecule has 0 unspecified atom stereocenters. The first kappa shape index (κ1) is 16.1. The molecule has 7 heteroatoms. The molecule has 0 bridgehead atoms. The average Bonchev–Trinajstić information content (AvgIpc) is 2.97. The number of benzene rings is 1. The number of nitrogens with zero attached hydrogens (tertiary/aromatic N) is 1. The van der Waals surface area contributed by atoms with Crippen LogP contribution < -0.4 is 14.2 Å². The van der Waals surface area contributed by atoms with Crippen molar-refractivity contribution in [2.24, 2.45) is 0 Å². The van der Waals surface area contributed by atoms with Crippen molar-refractivity contribution in [1.29, 1.82) is 0 Å². The van der Waals surface area contributed by atoms with E-state index in [9.17, 15) is 9.90 Å². The van der Waals surface area contributed by atoms with Crippen molar-refractivity contribution in [2.45, 2.75) is 6.61 Å². The molecule has 0 fully saturated rings. The fraction of sp³-hybridized carbons (Fsp3) is 0.176. The molecule has 1 N–H and O–H groups in total. The van der Waals surface area contributed by atoms with E-state index < -0.39 is 5.97 Å². The summed E-state index contributed by atoms with van der Waals surface area (Å²) < 4.78 is 17.1. The fourth-order valence-electron chi connectivity index (χ4n) is 2.32. The summed E-state index contributed by atoms with van der Waals surface area (Å²) in [6.07, 6.45) is 3.33. The number of hydrogen-bond acceptors (Lipinski definition) is 6. The predicted octanol–water partition coefficient (Wildman–Crippen LogP) is 3.59. The molecule has 24 heavy (non-hydrogen) atoms. The predicted molar refractivity (Wildman–Crippen MR) is 90.5 cm³/mol. The number of aromatic nitrogens is 1. The van der Waals surface area contributed by atoms with E-state index in [0.29, 0.717) is 22.6 Å². The van der Waals surface area contributed by atoms with E-state index in [1.54, 1.807) is 24.5 Å². The highest BCUT2D eigenvalue weighted by Gasteiger charge is 2.21. The lowest BCUT2D eigenvalue weighted by molar-refractivity contribution is 0.0698. The van der Waals surface area contributed by atoms with Crippen LogP contribution in [0.15, 0.2) is 36.7 Å². The van der Waals surface area contributed by atoms with Crippen molar-refractivity contribution in [3.05, 3.63) is 47.1 Å². The molecule has 3 rings (SSSR count). The van der Waals surface area contributed by atoms with Gasteiger partial charge in [-0.15, -0.1) is 11.3 Å². The Labute approximate surface area is 142 Å². The molecule has 0 aliphatic rings. The maximum Gasteiger partial charge on any atom is 0.349 e. The monoisotopic (exact) mass is 345 g/mol. The fourth-order valence-corrected chi connectivity index (χ4v) is 3.32. The molecule has 0 radical (unpaired) electrons. The van der Waals surface area contributed by atoms with Gasteiger partial charge in [-0.05, 0) is 23.8 Å². The van der Waals surface area contributed by atoms with Gasteiger partial charge < -0.3 is 19.3 Å². The maximum atomic E-state index is 11.6. The Kier molecular flexibility index (Phi) is 4.52. The second-order valence-electron chi connectivity index (χ2n) is 4.91. The van der Waals surface area contributed by atoms with Crippen molar-refractivity contribution in [1.82, 2.24) is 4.98 Å². The quantitative estimate of drug-likeness (QED) is 0.735. The zero-order valence-corrected chi connectivity index (χ0v) is 13.9. The number of carbonyl (C=O) groups is 1. The van der Waals surface area contributed by atoms with Crippen molar-refractivity contribution < 1.29 is 24.1 Å². The number of carboxylic acid groups (broad SMARTS) is 1. The number of methoxy groups -OCH3 is 2. The summed E-state index contributed by atoms with van der Waals surface area (Å²) in [4.78, 5) is 15.7. The van der Waals surface area contributed by atoms with Gasteiger partial charge in [0.1, 0.15) is 6.61 Å². The van der Waals surface area contributed by atoms with Gasteiger partial charge in [0.25, 0.3) is 0 Å². The smallest absolute Gasteiger partial charge is 0.349 e. The zero-order chi connectivity index (χ0) is 17.1. The van der Waals surface area contributed by atoms with E-state index in [2.05, 4.69) is 4.98 Å². The number of rotatable bonds is 6. The van der Waals surface area contributed by atoms with Crippen molar-refractivity contribution in [3.8, 4) is 17.2 Å². The Morgan fingerprint density at radius 1 is 1.17 bits per heavy atom. The molecular weight excluding hydrogens is 330 g/mol. The largest absolute Gasteiger partial charge is 0.493 e. The van der Waals surface area contributed by atoms with Crippen LogP contribution in [0.25, 0.3) is 10.1 Å². The van der Waals surface area contributed by atoms with Crippen LogP contribution in [0.4, 0.5) is 0 Å². The molecule has 0 saturated heterocycles. The molecule has 1 aromatic carbocycles. The molecule has 124 valence electrons. The second kappa shape index (κ2) is 6.76. The molecule has 0 saturated carbocycles. The Morgan fingerprint density at radius 3 is 2.46 bits per heavy atom. The summed E-state index contributed by atoms with van der Waals surface area (Å²) in [7, 11) is 3.07. The number of hydrogen-bond donors (Lipinski definition) is 1. The lowest BCUT2D eigenvalue weighted by atomic mass is 10.2. The zero-order valence-electron chi connectivity index (χ0n) is 13.1. The third kappa shape index (κ3) is 2.98. The first-order valence-electron chi connectivity index (χ1n) is 7.07. The Morgan fingerprint density at radius 2 is 1.83 bits per heavy atom. The van der Waals surface area contributed by atoms with E-state index in [1.165, 1.54) is 14.2 Å². The summed E-state index contributed by atoms with van der Waals surface area (Å²) in [5.74, 6) is 0.372. The van der Waals surface area contributed by atoms with Gasteiger partial charge in [-0.2, -0.15) is 0 Å². The minimum atomic E-state index is -1.03. The number of carboxylic acids is 1. The number of pyridine rings is 1. The van der Waals surface area contributed by atoms with Gasteiger partial charge in [0.2, 0.25) is 0 Å². The lowest BCUT2D eigenvalue weighted by Crippen LogP contribution is -2.00. The number of ether oxygens (including phenoxy) is 3. The Balaban J connectivity index is 2.06. The van der Waals surface area contributed by atoms with Gasteiger partial charge >= 0.3 is 5.97 Å². The Bertz CT molecular complexity index is 876. The van der Waals surface area contributed by atoms with Crippen LogP contribution in [-0.2, 0) is 6.61 Å². The lowest BCUT2D eigenvalue weighted by Gasteiger charge is -2.09. The topological polar surface area (TPSA) is 77.9 Å². The average molecular weight is 345 g/mol. The van der Waals surface area contributed by atoms with Crippen LogP contribution in [0.1, 0.15) is 15.2 Å². The third-order valence-electron chi connectivity index (χ3n) is 3.48. The highest BCUT2D eigenvalue weighted by molar-refractivity contribution is 7.21. The summed E-state index contributed by atoms with van der Waals surface area (Å²) in [5.41, 5.74) is 0.904. The van der Waals surface area contributed by atoms with Gasteiger partial charge in [0.15, 0.2) is 22.1 Å². The summed E-state index contributed by atoms with van der Waals surface area (Å²) >= 11 is 1.14. The summed E-state index contributed by atoms with van der Waals surface area (Å²) in [6, 6.07) is 7.13. The van der Waals surface area contributed by atoms with Crippen molar-refractivity contribution in [2.75, 3.05) is 14.2 Å². The Hall–Kier alpha value is -2.80. The number of aromatic carboxylic acids is 1. The molecule has 2 aromatic heterocycles. The third-order valence-corrected chi connectivity index (χ3v) is 4.60. The first-order chi connectivity index (χ1) is 11.6. The van der Waals surface area contributed by atoms with E-state index in [4.69, 9.17) is 14.2 Å². The van der Waals surface area contributed by atoms with Gasteiger partial charge in [-0.1, -0.05) is 0 Å². The van der Waals surface area contributed by atoms with Crippen molar-refractivity contribution >= 4 is 27.4 Å². The molecule has 2 heterocycles. The molecule has 0 atom stereocenters. The van der Waals surface area contributed by atoms with Gasteiger partial charge in [0, 0.05) is 28.5 Å².